The van der Waals surface area contributed by atoms with Gasteiger partial charge in [0, 0.05) is 53.1 Å². The first-order chi connectivity index (χ1) is 9.36. The van der Waals surface area contributed by atoms with Crippen molar-refractivity contribution in [3.63, 3.8) is 0 Å². The van der Waals surface area contributed by atoms with Gasteiger partial charge in [0.15, 0.2) is 0 Å². The van der Waals surface area contributed by atoms with Gasteiger partial charge < -0.3 is 14.8 Å². The van der Waals surface area contributed by atoms with Crippen LogP contribution in [-0.4, -0.2) is 63.5 Å². The second-order valence-electron chi connectivity index (χ2n) is 4.33. The third-order valence-electron chi connectivity index (χ3n) is 2.86. The molecule has 0 unspecified atom stereocenters. The monoisotopic (exact) mass is 267 g/mol. The van der Waals surface area contributed by atoms with Crippen LogP contribution in [0.15, 0.2) is 24.4 Å². The van der Waals surface area contributed by atoms with Gasteiger partial charge in [0.05, 0.1) is 18.9 Å². The summed E-state index contributed by atoms with van der Waals surface area (Å²) in [5, 5.41) is 3.40. The fourth-order valence-corrected chi connectivity index (χ4v) is 1.73. The van der Waals surface area contributed by atoms with Gasteiger partial charge in [-0.05, 0) is 12.1 Å². The second kappa shape index (κ2) is 10.9. The molecule has 0 aliphatic rings. The third kappa shape index (κ3) is 7.89. The van der Waals surface area contributed by atoms with Crippen molar-refractivity contribution in [1.82, 2.24) is 15.2 Å². The van der Waals surface area contributed by atoms with Gasteiger partial charge in [-0.25, -0.2) is 0 Å². The Labute approximate surface area is 115 Å². The summed E-state index contributed by atoms with van der Waals surface area (Å²) in [6.07, 6.45) is 1.82. The SMILES string of the molecule is COCCN(CCNCc1ccccn1)CCOC. The molecule has 0 spiro atoms. The van der Waals surface area contributed by atoms with Crippen LogP contribution >= 0.6 is 0 Å². The molecule has 0 bridgehead atoms. The summed E-state index contributed by atoms with van der Waals surface area (Å²) in [6, 6.07) is 5.97. The van der Waals surface area contributed by atoms with Crippen LogP contribution in [0.4, 0.5) is 0 Å². The number of nitrogens with zero attached hydrogens (tertiary/aromatic N) is 2. The highest BCUT2D eigenvalue weighted by Gasteiger charge is 2.03. The van der Waals surface area contributed by atoms with Crippen molar-refractivity contribution in [3.8, 4) is 0 Å². The summed E-state index contributed by atoms with van der Waals surface area (Å²) in [7, 11) is 3.46. The number of nitrogens with one attached hydrogen (secondary N) is 1. The second-order valence-corrected chi connectivity index (χ2v) is 4.33. The highest BCUT2D eigenvalue weighted by atomic mass is 16.5. The van der Waals surface area contributed by atoms with E-state index in [2.05, 4.69) is 15.2 Å². The highest BCUT2D eigenvalue weighted by molar-refractivity contribution is 5.02. The van der Waals surface area contributed by atoms with Crippen molar-refractivity contribution < 1.29 is 9.47 Å². The zero-order chi connectivity index (χ0) is 13.8. The first kappa shape index (κ1) is 16.0. The van der Waals surface area contributed by atoms with E-state index in [1.807, 2.05) is 24.4 Å². The lowest BCUT2D eigenvalue weighted by atomic mass is 10.3. The summed E-state index contributed by atoms with van der Waals surface area (Å²) < 4.78 is 10.2. The Morgan fingerprint density at radius 2 is 1.84 bits per heavy atom. The van der Waals surface area contributed by atoms with E-state index in [-0.39, 0.29) is 0 Å². The first-order valence-electron chi connectivity index (χ1n) is 6.67. The molecule has 0 fully saturated rings. The molecule has 5 nitrogen and oxygen atoms in total. The van der Waals surface area contributed by atoms with Crippen LogP contribution in [0.2, 0.25) is 0 Å². The lowest BCUT2D eigenvalue weighted by Crippen LogP contribution is -2.36. The molecule has 1 heterocycles. The maximum atomic E-state index is 5.12. The summed E-state index contributed by atoms with van der Waals surface area (Å²) in [5.74, 6) is 0. The molecule has 0 amide bonds. The van der Waals surface area contributed by atoms with Crippen molar-refractivity contribution >= 4 is 0 Å². The Kier molecular flexibility index (Phi) is 9.18. The molecule has 0 aliphatic carbocycles. The zero-order valence-corrected chi connectivity index (χ0v) is 12.0. The molecule has 0 saturated heterocycles. The van der Waals surface area contributed by atoms with Crippen LogP contribution in [0.5, 0.6) is 0 Å². The van der Waals surface area contributed by atoms with E-state index in [0.29, 0.717) is 0 Å². The summed E-state index contributed by atoms with van der Waals surface area (Å²) in [4.78, 5) is 6.61. The van der Waals surface area contributed by atoms with Crippen LogP contribution in [0.1, 0.15) is 5.69 Å². The van der Waals surface area contributed by atoms with Crippen molar-refractivity contribution in [1.29, 1.82) is 0 Å². The maximum Gasteiger partial charge on any atom is 0.0589 e. The van der Waals surface area contributed by atoms with Gasteiger partial charge in [-0.3, -0.25) is 9.88 Å². The van der Waals surface area contributed by atoms with E-state index in [1.54, 1.807) is 14.2 Å². The largest absolute Gasteiger partial charge is 0.383 e. The van der Waals surface area contributed by atoms with E-state index in [9.17, 15) is 0 Å². The number of hydrogen-bond donors (Lipinski definition) is 1. The Bertz CT molecular complexity index is 301. The van der Waals surface area contributed by atoms with Gasteiger partial charge in [0.25, 0.3) is 0 Å². The minimum absolute atomic E-state index is 0.754. The summed E-state index contributed by atoms with van der Waals surface area (Å²) in [5.41, 5.74) is 1.07. The number of rotatable bonds is 11. The van der Waals surface area contributed by atoms with Crippen LogP contribution in [0.3, 0.4) is 0 Å². The van der Waals surface area contributed by atoms with Gasteiger partial charge in [0.1, 0.15) is 0 Å². The minimum Gasteiger partial charge on any atom is -0.383 e. The van der Waals surface area contributed by atoms with Crippen molar-refractivity contribution in [2.24, 2.45) is 0 Å². The minimum atomic E-state index is 0.754. The quantitative estimate of drug-likeness (QED) is 0.600. The van der Waals surface area contributed by atoms with Crippen LogP contribution in [-0.2, 0) is 16.0 Å². The molecule has 0 radical (unpaired) electrons. The normalized spacial score (nSPS) is 11.1. The number of hydrogen-bond acceptors (Lipinski definition) is 5. The number of ether oxygens (including phenoxy) is 2. The van der Waals surface area contributed by atoms with E-state index < -0.39 is 0 Å². The Morgan fingerprint density at radius 3 is 2.42 bits per heavy atom. The zero-order valence-electron chi connectivity index (χ0n) is 12.0. The van der Waals surface area contributed by atoms with Gasteiger partial charge in [-0.1, -0.05) is 6.07 Å². The average Bonchev–Trinajstić information content (AvgIpc) is 2.46. The molecule has 1 N–H and O–H groups in total. The van der Waals surface area contributed by atoms with Gasteiger partial charge in [-0.15, -0.1) is 0 Å². The average molecular weight is 267 g/mol. The van der Waals surface area contributed by atoms with Crippen molar-refractivity contribution in [2.45, 2.75) is 6.54 Å². The van der Waals surface area contributed by atoms with E-state index in [4.69, 9.17) is 9.47 Å². The highest BCUT2D eigenvalue weighted by Crippen LogP contribution is 1.92. The molecule has 108 valence electrons. The Hall–Kier alpha value is -1.01. The third-order valence-corrected chi connectivity index (χ3v) is 2.86. The molecule has 1 aromatic rings. The van der Waals surface area contributed by atoms with E-state index in [1.165, 1.54) is 0 Å². The fourth-order valence-electron chi connectivity index (χ4n) is 1.73. The van der Waals surface area contributed by atoms with Crippen molar-refractivity contribution in [3.05, 3.63) is 30.1 Å². The van der Waals surface area contributed by atoms with Gasteiger partial charge in [0.2, 0.25) is 0 Å². The van der Waals surface area contributed by atoms with Crippen molar-refractivity contribution in [2.75, 3.05) is 53.6 Å². The molecule has 0 aliphatic heterocycles. The standard InChI is InChI=1S/C14H25N3O2/c1-18-11-9-17(10-12-19-2)8-7-15-13-14-5-3-4-6-16-14/h3-6,15H,7-13H2,1-2H3. The van der Waals surface area contributed by atoms with Crippen LogP contribution in [0, 0.1) is 0 Å². The summed E-state index contributed by atoms with van der Waals surface area (Å²) in [6.45, 7) is 6.11. The number of methoxy groups -OCH3 is 2. The first-order valence-corrected chi connectivity index (χ1v) is 6.67. The number of aromatic nitrogens is 1. The number of pyridine rings is 1. The predicted molar refractivity (Wildman–Crippen MR) is 76.1 cm³/mol. The molecule has 19 heavy (non-hydrogen) atoms. The Morgan fingerprint density at radius 1 is 1.11 bits per heavy atom. The lowest BCUT2D eigenvalue weighted by molar-refractivity contribution is 0.114. The van der Waals surface area contributed by atoms with E-state index >= 15 is 0 Å². The van der Waals surface area contributed by atoms with E-state index in [0.717, 1.165) is 51.6 Å². The predicted octanol–water partition coefficient (Wildman–Crippen LogP) is 0.766. The molecule has 1 rings (SSSR count). The lowest BCUT2D eigenvalue weighted by Gasteiger charge is -2.21. The molecular formula is C14H25N3O2. The van der Waals surface area contributed by atoms with Crippen LogP contribution in [0.25, 0.3) is 0 Å². The Balaban J connectivity index is 2.16. The summed E-state index contributed by atoms with van der Waals surface area (Å²) >= 11 is 0. The maximum absolute atomic E-state index is 5.12. The topological polar surface area (TPSA) is 46.6 Å². The van der Waals surface area contributed by atoms with Crippen LogP contribution < -0.4 is 5.32 Å². The molecule has 0 atom stereocenters. The molecule has 5 heteroatoms. The van der Waals surface area contributed by atoms with Gasteiger partial charge in [-0.2, -0.15) is 0 Å². The van der Waals surface area contributed by atoms with Gasteiger partial charge >= 0.3 is 0 Å². The smallest absolute Gasteiger partial charge is 0.0589 e. The molecule has 0 aromatic carbocycles. The fraction of sp³-hybridized carbons (Fsp3) is 0.643. The molecular weight excluding hydrogens is 242 g/mol. The molecule has 1 aromatic heterocycles. The molecule has 0 saturated carbocycles.